The number of aliphatic hydroxyl groups is 2. The van der Waals surface area contributed by atoms with Crippen LogP contribution in [-0.4, -0.2) is 151 Å². The zero-order valence-electron chi connectivity index (χ0n) is 46.0. The predicted molar refractivity (Wildman–Crippen MR) is 298 cm³/mol. The van der Waals surface area contributed by atoms with E-state index in [0.717, 1.165) is 116 Å². The maximum atomic E-state index is 14.7. The zero-order chi connectivity index (χ0) is 56.1. The number of nitrogens with zero attached hydrogens (tertiary/aromatic N) is 7. The molecular weight excluding hydrogens is 1040 g/mol. The number of benzene rings is 2. The molecule has 2 aliphatic carbocycles. The van der Waals surface area contributed by atoms with E-state index < -0.39 is 53.7 Å². The molecule has 2 saturated heterocycles. The first-order valence-electron chi connectivity index (χ1n) is 28.3. The lowest BCUT2D eigenvalue weighted by Gasteiger charge is -2.35. The average molecular weight is 1120 g/mol. The minimum Gasteiger partial charge on any atom is -0.493 e. The van der Waals surface area contributed by atoms with Crippen molar-refractivity contribution in [3.63, 3.8) is 0 Å². The van der Waals surface area contributed by atoms with Gasteiger partial charge >= 0.3 is 6.18 Å². The van der Waals surface area contributed by atoms with Gasteiger partial charge in [-0.3, -0.25) is 19.3 Å². The third-order valence-electron chi connectivity index (χ3n) is 16.2. The van der Waals surface area contributed by atoms with Crippen molar-refractivity contribution in [3.8, 4) is 27.3 Å². The van der Waals surface area contributed by atoms with E-state index in [2.05, 4.69) is 65.4 Å². The second kappa shape index (κ2) is 25.1. The molecule has 2 amide bonds. The quantitative estimate of drug-likeness (QED) is 0.0360. The SMILES string of the molecule is Cc1ncsc1-c1ccc(CCC(=O)[C@@H]2C[C@@H](O)CN2C(=O)[C@@H](NC(=O)C2(F)CC2)C(C)(C)C)c(OCCCCCCN2CCN(Cc3ccc(-c4cn(C5CCC(O)CC5)c5nc(NCCC(F)(F)F)ncc45)cc3)CC2)c1. The largest absolute Gasteiger partial charge is 0.493 e. The number of thiazole rings is 1. The van der Waals surface area contributed by atoms with Crippen molar-refractivity contribution < 1.29 is 46.9 Å². The number of amides is 2. The van der Waals surface area contributed by atoms with Crippen molar-refractivity contribution in [2.24, 2.45) is 5.41 Å². The summed E-state index contributed by atoms with van der Waals surface area (Å²) in [7, 11) is 0. The number of rotatable bonds is 23. The van der Waals surface area contributed by atoms with Crippen LogP contribution >= 0.6 is 11.3 Å². The standard InChI is InChI=1S/C59H77F4N9O6S/c1-38-51(79-37-66-38)42-14-13-41(15-20-49(75)48-32-45(74)35-72(48)54(76)52(57(2,3)4)67-55(77)58(60)21-22-58)50(31-42)78-30-8-6-5-7-25-69-26-28-70(29-27-69)34-39-9-11-40(12-10-39)47-36-71(43-16-18-44(73)19-17-43)53-46(47)33-65-56(68-53)64-24-23-59(61,62)63/h9-14,31,33,36-37,43-45,48,52,73-74H,5-8,15-30,32,34-35H2,1-4H3,(H,67,77)(H,64,65,68)/t43?,44?,45-,48+,52-/m1/s1. The fourth-order valence-corrected chi connectivity index (χ4v) is 12.1. The number of likely N-dealkylation sites (tertiary alicyclic amines) is 1. The number of ether oxygens (including phenoxy) is 1. The fraction of sp³-hybridized carbons (Fsp3) is 0.593. The maximum absolute atomic E-state index is 14.7. The molecule has 2 saturated carbocycles. The van der Waals surface area contributed by atoms with Gasteiger partial charge in [0.05, 0.1) is 47.4 Å². The van der Waals surface area contributed by atoms with Crippen LogP contribution < -0.4 is 15.4 Å². The van der Waals surface area contributed by atoms with Gasteiger partial charge < -0.3 is 40.0 Å². The molecule has 0 spiro atoms. The number of carbonyl (C=O) groups is 3. The number of fused-ring (bicyclic) bond motifs is 1. The van der Waals surface area contributed by atoms with E-state index in [9.17, 15) is 42.2 Å². The van der Waals surface area contributed by atoms with Gasteiger partial charge in [0, 0.05) is 88.0 Å². The summed E-state index contributed by atoms with van der Waals surface area (Å²) in [5.41, 5.74) is 5.75. The van der Waals surface area contributed by atoms with Crippen molar-refractivity contribution in [1.29, 1.82) is 0 Å². The third kappa shape index (κ3) is 14.9. The number of ketones is 1. The molecule has 4 fully saturated rings. The maximum Gasteiger partial charge on any atom is 0.390 e. The second-order valence-corrected chi connectivity index (χ2v) is 24.3. The van der Waals surface area contributed by atoms with Crippen LogP contribution in [0.25, 0.3) is 32.6 Å². The van der Waals surface area contributed by atoms with Crippen molar-refractivity contribution in [3.05, 3.63) is 77.2 Å². The van der Waals surface area contributed by atoms with Crippen LogP contribution in [0.2, 0.25) is 0 Å². The smallest absolute Gasteiger partial charge is 0.390 e. The van der Waals surface area contributed by atoms with Crippen LogP contribution in [0, 0.1) is 12.3 Å². The summed E-state index contributed by atoms with van der Waals surface area (Å²) in [6.07, 6.45) is 5.10. The van der Waals surface area contributed by atoms with Crippen LogP contribution in [0.3, 0.4) is 0 Å². The van der Waals surface area contributed by atoms with E-state index in [4.69, 9.17) is 9.72 Å². The van der Waals surface area contributed by atoms with Crippen LogP contribution in [-0.2, 0) is 27.3 Å². The topological polar surface area (TPSA) is 178 Å². The number of nitrogens with one attached hydrogen (secondary N) is 2. The summed E-state index contributed by atoms with van der Waals surface area (Å²) in [6.45, 7) is 13.3. The van der Waals surface area contributed by atoms with Gasteiger partial charge in [-0.1, -0.05) is 70.0 Å². The molecule has 4 N–H and O–H groups in total. The molecule has 0 radical (unpaired) electrons. The van der Waals surface area contributed by atoms with Crippen LogP contribution in [0.5, 0.6) is 5.75 Å². The number of hydrogen-bond acceptors (Lipinski definition) is 13. The minimum atomic E-state index is -4.28. The van der Waals surface area contributed by atoms with Gasteiger partial charge in [-0.2, -0.15) is 18.2 Å². The highest BCUT2D eigenvalue weighted by Crippen LogP contribution is 2.41. The monoisotopic (exact) mass is 1120 g/mol. The highest BCUT2D eigenvalue weighted by Gasteiger charge is 2.53. The molecule has 5 heterocycles. The highest BCUT2D eigenvalue weighted by atomic mass is 32.1. The Kier molecular flexibility index (Phi) is 18.5. The molecule has 3 aromatic heterocycles. The zero-order valence-corrected chi connectivity index (χ0v) is 46.8. The van der Waals surface area contributed by atoms with Crippen LogP contribution in [0.4, 0.5) is 23.5 Å². The fourth-order valence-electron chi connectivity index (χ4n) is 11.3. The molecule has 9 rings (SSSR count). The molecule has 15 nitrogen and oxygen atoms in total. The number of unbranched alkanes of at least 4 members (excludes halogenated alkanes) is 3. The Hall–Kier alpha value is -5.54. The molecule has 79 heavy (non-hydrogen) atoms. The van der Waals surface area contributed by atoms with Crippen molar-refractivity contribution in [2.75, 3.05) is 57.7 Å². The molecule has 20 heteroatoms. The van der Waals surface area contributed by atoms with Gasteiger partial charge in [0.25, 0.3) is 5.91 Å². The number of alkyl halides is 4. The summed E-state index contributed by atoms with van der Waals surface area (Å²) in [6, 6.07) is 12.8. The van der Waals surface area contributed by atoms with Crippen LogP contribution in [0.15, 0.2) is 60.4 Å². The third-order valence-corrected chi connectivity index (χ3v) is 17.2. The molecule has 0 bridgehead atoms. The van der Waals surface area contributed by atoms with Crippen LogP contribution in [0.1, 0.15) is 127 Å². The number of anilines is 1. The molecule has 3 atom stereocenters. The minimum absolute atomic E-state index is 0.0408. The number of hydrogen-bond donors (Lipinski definition) is 4. The van der Waals surface area contributed by atoms with Crippen molar-refractivity contribution in [1.82, 2.24) is 39.5 Å². The number of aryl methyl sites for hydroxylation is 2. The summed E-state index contributed by atoms with van der Waals surface area (Å²) >= 11 is 1.56. The molecule has 2 aliphatic heterocycles. The molecule has 2 aromatic carbocycles. The second-order valence-electron chi connectivity index (χ2n) is 23.4. The lowest BCUT2D eigenvalue weighted by molar-refractivity contribution is -0.144. The number of aromatic nitrogens is 4. The number of carbonyl (C=O) groups excluding carboxylic acids is 3. The number of piperazine rings is 1. The highest BCUT2D eigenvalue weighted by molar-refractivity contribution is 7.13. The number of Topliss-reactive ketones (excluding diaryl/α,β-unsaturated/α-hetero) is 1. The van der Waals surface area contributed by atoms with Gasteiger partial charge in [-0.15, -0.1) is 11.3 Å². The lowest BCUT2D eigenvalue weighted by Crippen LogP contribution is -2.58. The molecular formula is C59H77F4N9O6S. The van der Waals surface area contributed by atoms with Gasteiger partial charge in [-0.25, -0.2) is 14.4 Å². The number of halogens is 4. The Morgan fingerprint density at radius 1 is 0.899 bits per heavy atom. The molecule has 428 valence electrons. The first kappa shape index (κ1) is 58.1. The first-order chi connectivity index (χ1) is 37.7. The van der Waals surface area contributed by atoms with Gasteiger partial charge in [0.2, 0.25) is 11.9 Å². The molecule has 0 unspecified atom stereocenters. The van der Waals surface area contributed by atoms with Crippen molar-refractivity contribution >= 4 is 45.9 Å². The molecule has 5 aromatic rings. The van der Waals surface area contributed by atoms with E-state index in [1.807, 2.05) is 30.6 Å². The molecule has 4 aliphatic rings. The normalized spacial score (nSPS) is 21.3. The Balaban J connectivity index is 0.727. The Morgan fingerprint density at radius 3 is 2.29 bits per heavy atom. The van der Waals surface area contributed by atoms with E-state index in [1.165, 1.54) is 10.5 Å². The lowest BCUT2D eigenvalue weighted by atomic mass is 9.85. The Bertz CT molecular complexity index is 2890. The van der Waals surface area contributed by atoms with Crippen molar-refractivity contribution in [2.45, 2.75) is 166 Å². The summed E-state index contributed by atoms with van der Waals surface area (Å²) < 4.78 is 61.9. The van der Waals surface area contributed by atoms with E-state index in [-0.39, 0.29) is 62.7 Å². The van der Waals surface area contributed by atoms with Gasteiger partial charge in [0.15, 0.2) is 11.5 Å². The predicted octanol–water partition coefficient (Wildman–Crippen LogP) is 9.62. The summed E-state index contributed by atoms with van der Waals surface area (Å²) in [5.74, 6) is -0.629. The number of β-amino-alcohol motifs (C(OH)–C–C–N with tert-alkyl or cyclic N) is 1. The Morgan fingerprint density at radius 2 is 1.61 bits per heavy atom. The summed E-state index contributed by atoms with van der Waals surface area (Å²) in [5, 5.41) is 27.1. The summed E-state index contributed by atoms with van der Waals surface area (Å²) in [4.78, 5) is 61.7. The Labute approximate surface area is 464 Å². The van der Waals surface area contributed by atoms with Gasteiger partial charge in [0.1, 0.15) is 17.4 Å². The number of aliphatic hydroxyl groups excluding tert-OH is 2. The van der Waals surface area contributed by atoms with E-state index in [0.29, 0.717) is 37.3 Å². The van der Waals surface area contributed by atoms with Gasteiger partial charge in [-0.05, 0) is 105 Å². The van der Waals surface area contributed by atoms with E-state index >= 15 is 0 Å². The average Bonchev–Trinajstić information content (AvgIpc) is 3.79. The first-order valence-corrected chi connectivity index (χ1v) is 29.2. The van der Waals surface area contributed by atoms with E-state index in [1.54, 1.807) is 38.3 Å².